The highest BCUT2D eigenvalue weighted by molar-refractivity contribution is 7.47. The van der Waals surface area contributed by atoms with Crippen LogP contribution in [0, 0.1) is 0 Å². The molecule has 1 amide bonds. The van der Waals surface area contributed by atoms with E-state index < -0.39 is 26.5 Å². The molecule has 0 bridgehead atoms. The van der Waals surface area contributed by atoms with Crippen LogP contribution in [0.15, 0.2) is 85.1 Å². The molecule has 0 aromatic carbocycles. The molecule has 0 aromatic rings. The van der Waals surface area contributed by atoms with Crippen LogP contribution in [0.1, 0.15) is 129 Å². The number of rotatable bonds is 34. The molecule has 51 heavy (non-hydrogen) atoms. The molecular formula is C41H68NO8P. The number of carbonyl (C=O) groups excluding carboxylic acids is 2. The van der Waals surface area contributed by atoms with Crippen molar-refractivity contribution in [2.24, 2.45) is 0 Å². The highest BCUT2D eigenvalue weighted by Crippen LogP contribution is 2.42. The molecule has 0 saturated carbocycles. The SMILES string of the molecule is CC/C=C\C/C=C\C/C=C\C/C=C\C/C=C\C/C=C\C/C=C\CC(=O)NCCOP(=O)(O)OCC(O)COC(=O)CCCCCCCCCCC. The van der Waals surface area contributed by atoms with Crippen LogP contribution in [0.5, 0.6) is 0 Å². The van der Waals surface area contributed by atoms with Crippen molar-refractivity contribution in [3.63, 3.8) is 0 Å². The molecule has 0 aliphatic heterocycles. The molecule has 3 N–H and O–H groups in total. The molecule has 2 atom stereocenters. The highest BCUT2D eigenvalue weighted by atomic mass is 31.2. The van der Waals surface area contributed by atoms with Crippen LogP contribution in [-0.2, 0) is 27.9 Å². The molecule has 0 rings (SSSR count). The number of phosphoric ester groups is 1. The molecule has 0 aliphatic rings. The summed E-state index contributed by atoms with van der Waals surface area (Å²) in [7, 11) is -4.44. The molecule has 2 unspecified atom stereocenters. The predicted octanol–water partition coefficient (Wildman–Crippen LogP) is 10.1. The first-order valence-electron chi connectivity index (χ1n) is 19.1. The van der Waals surface area contributed by atoms with Gasteiger partial charge in [0.05, 0.1) is 13.2 Å². The van der Waals surface area contributed by atoms with Crippen molar-refractivity contribution in [2.45, 2.75) is 136 Å². The lowest BCUT2D eigenvalue weighted by atomic mass is 10.1. The number of aliphatic hydroxyl groups excluding tert-OH is 1. The summed E-state index contributed by atoms with van der Waals surface area (Å²) in [4.78, 5) is 33.6. The lowest BCUT2D eigenvalue weighted by molar-refractivity contribution is -0.147. The van der Waals surface area contributed by atoms with Gasteiger partial charge in [-0.05, 0) is 51.4 Å². The van der Waals surface area contributed by atoms with Gasteiger partial charge in [-0.1, -0.05) is 150 Å². The maximum absolute atomic E-state index is 12.0. The van der Waals surface area contributed by atoms with Crippen molar-refractivity contribution < 1.29 is 37.9 Å². The van der Waals surface area contributed by atoms with E-state index >= 15 is 0 Å². The molecule has 0 aliphatic carbocycles. The van der Waals surface area contributed by atoms with Crippen molar-refractivity contribution in [3.8, 4) is 0 Å². The molecular weight excluding hydrogens is 665 g/mol. The van der Waals surface area contributed by atoms with Gasteiger partial charge in [-0.2, -0.15) is 0 Å². The number of hydrogen-bond acceptors (Lipinski definition) is 7. The molecule has 9 nitrogen and oxygen atoms in total. The van der Waals surface area contributed by atoms with Crippen LogP contribution in [0.4, 0.5) is 0 Å². The van der Waals surface area contributed by atoms with Crippen LogP contribution in [0.3, 0.4) is 0 Å². The van der Waals surface area contributed by atoms with Gasteiger partial charge in [0, 0.05) is 19.4 Å². The van der Waals surface area contributed by atoms with Gasteiger partial charge in [0.2, 0.25) is 5.91 Å². The maximum atomic E-state index is 12.0. The summed E-state index contributed by atoms with van der Waals surface area (Å²) in [6.45, 7) is 3.25. The Morgan fingerprint density at radius 3 is 1.57 bits per heavy atom. The Morgan fingerprint density at radius 1 is 0.627 bits per heavy atom. The average molecular weight is 734 g/mol. The Balaban J connectivity index is 3.80. The van der Waals surface area contributed by atoms with E-state index in [1.54, 1.807) is 6.08 Å². The number of allylic oxidation sites excluding steroid dienone is 13. The zero-order chi connectivity index (χ0) is 37.5. The third-order valence-corrected chi connectivity index (χ3v) is 8.35. The smallest absolute Gasteiger partial charge is 0.463 e. The zero-order valence-corrected chi connectivity index (χ0v) is 32.4. The second kappa shape index (κ2) is 37.0. The van der Waals surface area contributed by atoms with Gasteiger partial charge in [0.25, 0.3) is 0 Å². The van der Waals surface area contributed by atoms with Crippen LogP contribution in [0.2, 0.25) is 0 Å². The number of carbonyl (C=O) groups is 2. The van der Waals surface area contributed by atoms with Crippen molar-refractivity contribution in [1.82, 2.24) is 5.32 Å². The number of amides is 1. The van der Waals surface area contributed by atoms with E-state index in [2.05, 4.69) is 86.0 Å². The van der Waals surface area contributed by atoms with Crippen LogP contribution in [0.25, 0.3) is 0 Å². The fourth-order valence-electron chi connectivity index (χ4n) is 4.51. The zero-order valence-electron chi connectivity index (χ0n) is 31.5. The molecule has 290 valence electrons. The lowest BCUT2D eigenvalue weighted by Gasteiger charge is -2.15. The average Bonchev–Trinajstić information content (AvgIpc) is 3.11. The van der Waals surface area contributed by atoms with Crippen molar-refractivity contribution in [2.75, 3.05) is 26.4 Å². The summed E-state index contributed by atoms with van der Waals surface area (Å²) >= 11 is 0. The van der Waals surface area contributed by atoms with E-state index in [1.165, 1.54) is 38.5 Å². The van der Waals surface area contributed by atoms with E-state index in [9.17, 15) is 24.2 Å². The van der Waals surface area contributed by atoms with Gasteiger partial charge in [0.1, 0.15) is 12.7 Å². The lowest BCUT2D eigenvalue weighted by Crippen LogP contribution is -2.26. The number of phosphoric acid groups is 1. The summed E-state index contributed by atoms with van der Waals surface area (Å²) in [5.41, 5.74) is 0. The third kappa shape index (κ3) is 38.3. The third-order valence-electron chi connectivity index (χ3n) is 7.37. The Hall–Kier alpha value is -2.81. The molecule has 0 spiro atoms. The molecule has 0 aromatic heterocycles. The molecule has 10 heteroatoms. The first-order chi connectivity index (χ1) is 24.8. The van der Waals surface area contributed by atoms with Crippen LogP contribution in [-0.4, -0.2) is 54.3 Å². The van der Waals surface area contributed by atoms with E-state index in [0.29, 0.717) is 0 Å². The summed E-state index contributed by atoms with van der Waals surface area (Å²) in [5, 5.41) is 12.5. The Labute approximate surface area is 309 Å². The highest BCUT2D eigenvalue weighted by Gasteiger charge is 2.23. The number of aliphatic hydroxyl groups is 1. The normalized spacial score (nSPS) is 14.4. The Bertz CT molecular complexity index is 1110. The number of esters is 1. The first kappa shape index (κ1) is 48.2. The van der Waals surface area contributed by atoms with Gasteiger partial charge >= 0.3 is 13.8 Å². The van der Waals surface area contributed by atoms with Gasteiger partial charge in [0.15, 0.2) is 0 Å². The van der Waals surface area contributed by atoms with Crippen molar-refractivity contribution >= 4 is 19.7 Å². The molecule has 0 heterocycles. The van der Waals surface area contributed by atoms with Gasteiger partial charge in [-0.3, -0.25) is 18.6 Å². The van der Waals surface area contributed by atoms with E-state index in [-0.39, 0.29) is 38.5 Å². The maximum Gasteiger partial charge on any atom is 0.472 e. The largest absolute Gasteiger partial charge is 0.472 e. The summed E-state index contributed by atoms with van der Waals surface area (Å²) < 4.78 is 26.7. The van der Waals surface area contributed by atoms with E-state index in [1.807, 2.05) is 12.2 Å². The quantitative estimate of drug-likeness (QED) is 0.0258. The van der Waals surface area contributed by atoms with Gasteiger partial charge in [-0.25, -0.2) is 4.57 Å². The van der Waals surface area contributed by atoms with Gasteiger partial charge < -0.3 is 20.1 Å². The predicted molar refractivity (Wildman–Crippen MR) is 210 cm³/mol. The summed E-state index contributed by atoms with van der Waals surface area (Å²) in [6, 6.07) is 0. The topological polar surface area (TPSA) is 131 Å². The minimum atomic E-state index is -4.44. The van der Waals surface area contributed by atoms with Crippen LogP contribution >= 0.6 is 7.82 Å². The van der Waals surface area contributed by atoms with E-state index in [0.717, 1.165) is 64.2 Å². The summed E-state index contributed by atoms with van der Waals surface area (Å²) in [5.74, 6) is -0.661. The number of ether oxygens (including phenoxy) is 1. The minimum absolute atomic E-state index is 0.0206. The molecule has 0 radical (unpaired) electrons. The van der Waals surface area contributed by atoms with Gasteiger partial charge in [-0.15, -0.1) is 0 Å². The fourth-order valence-corrected chi connectivity index (χ4v) is 5.27. The molecule has 0 fully saturated rings. The monoisotopic (exact) mass is 733 g/mol. The number of unbranched alkanes of at least 4 members (excludes halogenated alkanes) is 8. The van der Waals surface area contributed by atoms with Crippen molar-refractivity contribution in [3.05, 3.63) is 85.1 Å². The van der Waals surface area contributed by atoms with E-state index in [4.69, 9.17) is 13.8 Å². The number of hydrogen-bond donors (Lipinski definition) is 3. The second-order valence-corrected chi connectivity index (χ2v) is 13.6. The number of nitrogens with one attached hydrogen (secondary N) is 1. The second-order valence-electron chi connectivity index (χ2n) is 12.2. The Kier molecular flexibility index (Phi) is 34.9. The Morgan fingerprint density at radius 2 is 1.08 bits per heavy atom. The minimum Gasteiger partial charge on any atom is -0.463 e. The first-order valence-corrected chi connectivity index (χ1v) is 20.6. The van der Waals surface area contributed by atoms with Crippen LogP contribution < -0.4 is 5.32 Å². The molecule has 0 saturated heterocycles. The standard InChI is InChI=1S/C41H68NO8P/c1-3-5-7-9-11-13-14-15-16-17-18-19-20-21-22-23-24-26-27-29-31-33-40(44)42-35-36-49-51(46,47)50-38-39(43)37-48-41(45)34-32-30-28-25-12-10-8-6-4-2/h5,7,11,13,15-16,18-19,21-22,24,26,29,31,39,43H,3-4,6,8-10,12,14,17,20,23,25,27-28,30,32-38H2,1-2H3,(H,42,44)(H,46,47)/b7-5-,13-11-,16-15-,19-18-,22-21-,26-24-,31-29-. The van der Waals surface area contributed by atoms with Crippen molar-refractivity contribution in [1.29, 1.82) is 0 Å². The fraction of sp³-hybridized carbons (Fsp3) is 0.610. The summed E-state index contributed by atoms with van der Waals surface area (Å²) in [6.07, 6.45) is 45.5.